The number of ketones is 1. The number of allylic oxidation sites excluding steroid dienone is 1. The van der Waals surface area contributed by atoms with Gasteiger partial charge in [-0.1, -0.05) is 20.4 Å². The molecule has 28 heavy (non-hydrogen) atoms. The molecular weight excluding hydrogens is 348 g/mol. The zero-order valence-electron chi connectivity index (χ0n) is 18.5. The summed E-state index contributed by atoms with van der Waals surface area (Å²) < 4.78 is 5.90. The summed E-state index contributed by atoms with van der Waals surface area (Å²) in [5.74, 6) is 2.80. The van der Waals surface area contributed by atoms with Crippen LogP contribution >= 0.6 is 0 Å². The third-order valence-corrected chi connectivity index (χ3v) is 9.20. The molecule has 7 atom stereocenters. The van der Waals surface area contributed by atoms with E-state index in [1.807, 2.05) is 20.8 Å². The van der Waals surface area contributed by atoms with Crippen LogP contribution < -0.4 is 0 Å². The van der Waals surface area contributed by atoms with Crippen LogP contribution in [0.15, 0.2) is 12.2 Å². The summed E-state index contributed by atoms with van der Waals surface area (Å²) in [5, 5.41) is 0. The van der Waals surface area contributed by atoms with Gasteiger partial charge in [0.15, 0.2) is 5.78 Å². The van der Waals surface area contributed by atoms with Crippen molar-refractivity contribution >= 4 is 11.8 Å². The summed E-state index contributed by atoms with van der Waals surface area (Å²) in [6.07, 6.45) is 8.82. The van der Waals surface area contributed by atoms with Gasteiger partial charge in [0.1, 0.15) is 6.10 Å². The number of ether oxygens (including phenoxy) is 1. The summed E-state index contributed by atoms with van der Waals surface area (Å²) in [6.45, 7) is 14.6. The van der Waals surface area contributed by atoms with E-state index in [1.54, 1.807) is 0 Å². The highest BCUT2D eigenvalue weighted by Crippen LogP contribution is 2.66. The van der Waals surface area contributed by atoms with Crippen molar-refractivity contribution in [3.8, 4) is 0 Å². The van der Waals surface area contributed by atoms with Crippen molar-refractivity contribution in [2.75, 3.05) is 0 Å². The van der Waals surface area contributed by atoms with Crippen molar-refractivity contribution in [1.29, 1.82) is 0 Å². The molecule has 156 valence electrons. The summed E-state index contributed by atoms with van der Waals surface area (Å²) in [5.41, 5.74) is 0.630. The molecule has 0 amide bonds. The molecule has 0 N–H and O–H groups in total. The highest BCUT2D eigenvalue weighted by Gasteiger charge is 2.61. The van der Waals surface area contributed by atoms with E-state index in [2.05, 4.69) is 20.4 Å². The van der Waals surface area contributed by atoms with Crippen molar-refractivity contribution in [2.24, 2.45) is 39.9 Å². The van der Waals surface area contributed by atoms with Gasteiger partial charge >= 0.3 is 5.97 Å². The number of hydrogen-bond acceptors (Lipinski definition) is 3. The second-order valence-electron chi connectivity index (χ2n) is 11.8. The molecule has 4 aliphatic rings. The Bertz CT molecular complexity index is 701. The molecular formula is C25H38O3. The average molecular weight is 387 g/mol. The maximum absolute atomic E-state index is 12.8. The van der Waals surface area contributed by atoms with Crippen molar-refractivity contribution in [1.82, 2.24) is 0 Å². The fraction of sp³-hybridized carbons (Fsp3) is 0.840. The van der Waals surface area contributed by atoms with Crippen molar-refractivity contribution in [3.63, 3.8) is 0 Å². The molecule has 0 bridgehead atoms. The second kappa shape index (κ2) is 6.44. The number of Topliss-reactive ketones (excluding diaryl/α,β-unsaturated/α-hetero) is 1. The number of esters is 1. The molecule has 4 saturated carbocycles. The molecule has 4 rings (SSSR count). The Morgan fingerprint density at radius 2 is 1.79 bits per heavy atom. The zero-order valence-corrected chi connectivity index (χ0v) is 18.5. The lowest BCUT2D eigenvalue weighted by atomic mass is 9.45. The van der Waals surface area contributed by atoms with Gasteiger partial charge in [0.2, 0.25) is 0 Å². The van der Waals surface area contributed by atoms with Gasteiger partial charge in [0.05, 0.1) is 5.41 Å². The van der Waals surface area contributed by atoms with E-state index >= 15 is 0 Å². The summed E-state index contributed by atoms with van der Waals surface area (Å²) >= 11 is 0. The minimum atomic E-state index is -0.427. The third kappa shape index (κ3) is 2.91. The first-order valence-electron chi connectivity index (χ1n) is 11.4. The van der Waals surface area contributed by atoms with Gasteiger partial charge in [-0.2, -0.15) is 0 Å². The van der Waals surface area contributed by atoms with Crippen LogP contribution in [0.3, 0.4) is 0 Å². The molecule has 0 aromatic rings. The summed E-state index contributed by atoms with van der Waals surface area (Å²) in [7, 11) is 0. The lowest BCUT2D eigenvalue weighted by molar-refractivity contribution is -0.170. The lowest BCUT2D eigenvalue weighted by Crippen LogP contribution is -2.54. The van der Waals surface area contributed by atoms with Crippen LogP contribution in [0.1, 0.15) is 86.0 Å². The van der Waals surface area contributed by atoms with Crippen LogP contribution in [0.5, 0.6) is 0 Å². The number of carbonyl (C=O) groups is 2. The zero-order chi connectivity index (χ0) is 20.5. The number of fused-ring (bicyclic) bond motifs is 5. The van der Waals surface area contributed by atoms with Gasteiger partial charge < -0.3 is 4.74 Å². The van der Waals surface area contributed by atoms with Crippen LogP contribution in [0.2, 0.25) is 0 Å². The molecule has 0 aromatic heterocycles. The molecule has 0 aromatic carbocycles. The molecule has 0 spiro atoms. The Labute approximate surface area is 170 Å². The summed E-state index contributed by atoms with van der Waals surface area (Å²) in [4.78, 5) is 25.1. The van der Waals surface area contributed by atoms with E-state index in [0.29, 0.717) is 34.9 Å². The Balaban J connectivity index is 1.50. The molecule has 4 aliphatic carbocycles. The number of carbonyl (C=O) groups excluding carboxylic acids is 2. The van der Waals surface area contributed by atoms with Crippen LogP contribution in [0, 0.1) is 39.9 Å². The highest BCUT2D eigenvalue weighted by atomic mass is 16.5. The predicted molar refractivity (Wildman–Crippen MR) is 111 cm³/mol. The van der Waals surface area contributed by atoms with Gasteiger partial charge in [-0.05, 0) is 107 Å². The minimum absolute atomic E-state index is 0.0637. The second-order valence-corrected chi connectivity index (χ2v) is 11.8. The number of rotatable bonds is 1. The van der Waals surface area contributed by atoms with Gasteiger partial charge in [0.25, 0.3) is 0 Å². The van der Waals surface area contributed by atoms with Crippen molar-refractivity contribution in [2.45, 2.75) is 92.1 Å². The average Bonchev–Trinajstić information content (AvgIpc) is 2.85. The molecule has 0 unspecified atom stereocenters. The fourth-order valence-corrected chi connectivity index (χ4v) is 7.39. The normalized spacial score (nSPS) is 45.8. The smallest absolute Gasteiger partial charge is 0.311 e. The first kappa shape index (κ1) is 20.2. The van der Waals surface area contributed by atoms with Gasteiger partial charge in [-0.3, -0.25) is 9.59 Å². The quantitative estimate of drug-likeness (QED) is 0.427. The van der Waals surface area contributed by atoms with Crippen LogP contribution in [0.4, 0.5) is 0 Å². The molecule has 3 nitrogen and oxygen atoms in total. The maximum atomic E-state index is 12.8. The van der Waals surface area contributed by atoms with Crippen LogP contribution in [-0.2, 0) is 14.3 Å². The topological polar surface area (TPSA) is 43.4 Å². The minimum Gasteiger partial charge on any atom is -0.462 e. The monoisotopic (exact) mass is 386 g/mol. The van der Waals surface area contributed by atoms with E-state index < -0.39 is 5.41 Å². The fourth-order valence-electron chi connectivity index (χ4n) is 7.39. The Kier molecular flexibility index (Phi) is 4.64. The standard InChI is InChI=1S/C25H38O3/c1-15-13-20-18-8-7-16-14-17(28-22(27)23(2,3)4)9-11-24(16,5)19(18)10-12-25(20,6)21(15)26/h16-20H,1,7-14H2,2-6H3/t16-,17+,18-,19+,20+,24+,25+/m1/s1. The first-order valence-corrected chi connectivity index (χ1v) is 11.4. The Hall–Kier alpha value is -1.12. The lowest BCUT2D eigenvalue weighted by Gasteiger charge is -2.60. The van der Waals surface area contributed by atoms with Crippen LogP contribution in [0.25, 0.3) is 0 Å². The van der Waals surface area contributed by atoms with Crippen LogP contribution in [-0.4, -0.2) is 17.9 Å². The molecule has 4 fully saturated rings. The maximum Gasteiger partial charge on any atom is 0.311 e. The Morgan fingerprint density at radius 1 is 1.07 bits per heavy atom. The first-order chi connectivity index (χ1) is 13.0. The third-order valence-electron chi connectivity index (χ3n) is 9.20. The predicted octanol–water partition coefficient (Wildman–Crippen LogP) is 5.72. The molecule has 0 radical (unpaired) electrons. The van der Waals surface area contributed by atoms with E-state index in [4.69, 9.17) is 4.74 Å². The molecule has 0 heterocycles. The van der Waals surface area contributed by atoms with E-state index in [-0.39, 0.29) is 17.5 Å². The van der Waals surface area contributed by atoms with Crippen molar-refractivity contribution in [3.05, 3.63) is 12.2 Å². The molecule has 0 saturated heterocycles. The highest BCUT2D eigenvalue weighted by molar-refractivity contribution is 6.02. The number of hydrogen-bond donors (Lipinski definition) is 0. The van der Waals surface area contributed by atoms with Gasteiger partial charge in [0, 0.05) is 5.41 Å². The summed E-state index contributed by atoms with van der Waals surface area (Å²) in [6, 6.07) is 0. The SMILES string of the molecule is C=C1C[C@H]2[C@@H]3CC[C@@H]4C[C@@H](OC(=O)C(C)(C)C)CC[C@]4(C)[C@H]3CC[C@]2(C)C1=O. The van der Waals surface area contributed by atoms with E-state index in [1.165, 1.54) is 19.3 Å². The largest absolute Gasteiger partial charge is 0.462 e. The Morgan fingerprint density at radius 3 is 2.46 bits per heavy atom. The van der Waals surface area contributed by atoms with E-state index in [9.17, 15) is 9.59 Å². The molecule has 0 aliphatic heterocycles. The van der Waals surface area contributed by atoms with E-state index in [0.717, 1.165) is 37.7 Å². The van der Waals surface area contributed by atoms with Gasteiger partial charge in [-0.25, -0.2) is 0 Å². The van der Waals surface area contributed by atoms with Gasteiger partial charge in [-0.15, -0.1) is 0 Å². The van der Waals surface area contributed by atoms with Crippen molar-refractivity contribution < 1.29 is 14.3 Å². The molecule has 3 heteroatoms.